The zero-order valence-electron chi connectivity index (χ0n) is 23.2. The number of nitrogens with zero attached hydrogens (tertiary/aromatic N) is 4. The van der Waals surface area contributed by atoms with E-state index in [2.05, 4.69) is 5.43 Å². The Balaban J connectivity index is 1.67. The van der Waals surface area contributed by atoms with Crippen LogP contribution in [-0.2, 0) is 11.3 Å². The van der Waals surface area contributed by atoms with Crippen molar-refractivity contribution in [3.05, 3.63) is 80.8 Å². The summed E-state index contributed by atoms with van der Waals surface area (Å²) in [7, 11) is 0. The predicted octanol–water partition coefficient (Wildman–Crippen LogP) is 6.74. The molecule has 0 atom stereocenters. The van der Waals surface area contributed by atoms with Crippen LogP contribution < -0.4 is 5.43 Å². The van der Waals surface area contributed by atoms with E-state index in [1.54, 1.807) is 55.8 Å². The highest BCUT2D eigenvalue weighted by Crippen LogP contribution is 2.36. The molecule has 8 nitrogen and oxygen atoms in total. The van der Waals surface area contributed by atoms with Gasteiger partial charge in [-0.2, -0.15) is 5.10 Å². The van der Waals surface area contributed by atoms with Crippen molar-refractivity contribution in [3.63, 3.8) is 0 Å². The number of ether oxygens (including phenoxy) is 1. The van der Waals surface area contributed by atoms with Crippen LogP contribution in [0.4, 0.5) is 9.18 Å². The summed E-state index contributed by atoms with van der Waals surface area (Å²) in [6.07, 6.45) is 4.43. The number of amides is 2. The van der Waals surface area contributed by atoms with Crippen LogP contribution in [0.5, 0.6) is 0 Å². The molecule has 2 aliphatic rings. The third-order valence-electron chi connectivity index (χ3n) is 6.83. The molecular formula is C30H32Cl2FN5O3. The first-order valence-electron chi connectivity index (χ1n) is 13.6. The molecule has 0 saturated carbocycles. The number of carbonyl (C=O) groups is 2. The lowest BCUT2D eigenvalue weighted by Gasteiger charge is -2.32. The Morgan fingerprint density at radius 1 is 1.02 bits per heavy atom. The Morgan fingerprint density at radius 3 is 2.39 bits per heavy atom. The Morgan fingerprint density at radius 2 is 1.73 bits per heavy atom. The van der Waals surface area contributed by atoms with Gasteiger partial charge in [0.05, 0.1) is 29.5 Å². The molecule has 5 rings (SSSR count). The maximum absolute atomic E-state index is 13.7. The lowest BCUT2D eigenvalue weighted by Crippen LogP contribution is -2.45. The van der Waals surface area contributed by atoms with Crippen molar-refractivity contribution in [1.29, 1.82) is 0 Å². The van der Waals surface area contributed by atoms with Gasteiger partial charge in [0.2, 0.25) is 0 Å². The van der Waals surface area contributed by atoms with Gasteiger partial charge in [-0.1, -0.05) is 41.8 Å². The van der Waals surface area contributed by atoms with Gasteiger partial charge in [0, 0.05) is 23.7 Å². The topological polar surface area (TPSA) is 79.7 Å². The fourth-order valence-corrected chi connectivity index (χ4v) is 5.49. The molecule has 1 fully saturated rings. The van der Waals surface area contributed by atoms with Gasteiger partial charge >= 0.3 is 6.09 Å². The van der Waals surface area contributed by atoms with Crippen LogP contribution in [0.15, 0.2) is 42.5 Å². The number of fused-ring (bicyclic) bond motifs is 1. The van der Waals surface area contributed by atoms with E-state index in [9.17, 15) is 14.0 Å². The maximum atomic E-state index is 13.7. The van der Waals surface area contributed by atoms with Crippen LogP contribution in [0.2, 0.25) is 10.0 Å². The first kappa shape index (κ1) is 29.1. The van der Waals surface area contributed by atoms with Gasteiger partial charge in [0.25, 0.3) is 5.91 Å². The highest BCUT2D eigenvalue weighted by atomic mass is 35.5. The van der Waals surface area contributed by atoms with Gasteiger partial charge in [-0.25, -0.2) is 18.9 Å². The van der Waals surface area contributed by atoms with Crippen molar-refractivity contribution in [2.75, 3.05) is 19.6 Å². The standard InChI is InChI=1S/C30H32Cl2FN5O3/c1-30(2,3)41-29(40)36-17-20(15-19-7-10-22(33)11-8-19)27-23(18-36)26(28(39)35-37-13-5-4-6-14-37)34-38(27)25-12-9-21(31)16-24(25)32/h7-12,15-16H,4-6,13-14,17-18H2,1-3H3,(H,35,39)/b20-15+. The van der Waals surface area contributed by atoms with Crippen LogP contribution in [0, 0.1) is 5.82 Å². The molecule has 0 aliphatic carbocycles. The van der Waals surface area contributed by atoms with E-state index in [-0.39, 0.29) is 30.5 Å². The summed E-state index contributed by atoms with van der Waals surface area (Å²) in [5.41, 5.74) is 5.56. The molecule has 2 aromatic carbocycles. The molecule has 0 bridgehead atoms. The fraction of sp³-hybridized carbons (Fsp3) is 0.367. The Labute approximate surface area is 248 Å². The lowest BCUT2D eigenvalue weighted by molar-refractivity contribution is 0.0253. The average Bonchev–Trinajstić information content (AvgIpc) is 3.29. The largest absolute Gasteiger partial charge is 0.444 e. The van der Waals surface area contributed by atoms with Gasteiger partial charge in [-0.3, -0.25) is 15.1 Å². The second-order valence-electron chi connectivity index (χ2n) is 11.2. The minimum atomic E-state index is -0.715. The molecule has 0 unspecified atom stereocenters. The number of hydrogen-bond donors (Lipinski definition) is 1. The van der Waals surface area contributed by atoms with Crippen LogP contribution in [-0.4, -0.2) is 56.9 Å². The van der Waals surface area contributed by atoms with E-state index in [0.717, 1.165) is 32.4 Å². The average molecular weight is 601 g/mol. The molecule has 11 heteroatoms. The number of nitrogens with one attached hydrogen (secondary N) is 1. The zero-order valence-corrected chi connectivity index (χ0v) is 24.7. The second kappa shape index (κ2) is 11.8. The molecular weight excluding hydrogens is 568 g/mol. The molecule has 216 valence electrons. The Hall–Kier alpha value is -3.40. The molecule has 3 heterocycles. The first-order chi connectivity index (χ1) is 19.5. The number of rotatable bonds is 4. The number of carbonyl (C=O) groups excluding carboxylic acids is 2. The molecule has 1 N–H and O–H groups in total. The summed E-state index contributed by atoms with van der Waals surface area (Å²) in [5.74, 6) is -0.735. The van der Waals surface area contributed by atoms with Crippen LogP contribution in [0.25, 0.3) is 17.3 Å². The van der Waals surface area contributed by atoms with E-state index in [1.165, 1.54) is 17.0 Å². The Bertz CT molecular complexity index is 1490. The van der Waals surface area contributed by atoms with E-state index in [4.69, 9.17) is 33.0 Å². The SMILES string of the molecule is CC(C)(C)OC(=O)N1C/C(=C\c2ccc(F)cc2)c2c(c(C(=O)NN3CCCCC3)nn2-c2ccc(Cl)cc2Cl)C1. The highest BCUT2D eigenvalue weighted by molar-refractivity contribution is 6.35. The van der Waals surface area contributed by atoms with E-state index in [0.29, 0.717) is 38.1 Å². The van der Waals surface area contributed by atoms with Crippen molar-refractivity contribution in [2.45, 2.75) is 52.2 Å². The third-order valence-corrected chi connectivity index (χ3v) is 7.37. The summed E-state index contributed by atoms with van der Waals surface area (Å²) in [5, 5.41) is 7.47. The van der Waals surface area contributed by atoms with Gasteiger partial charge < -0.3 is 4.74 Å². The smallest absolute Gasteiger partial charge is 0.410 e. The van der Waals surface area contributed by atoms with Crippen molar-refractivity contribution in [1.82, 2.24) is 25.1 Å². The second-order valence-corrected chi connectivity index (χ2v) is 12.1. The minimum Gasteiger partial charge on any atom is -0.444 e. The summed E-state index contributed by atoms with van der Waals surface area (Å²) in [6, 6.07) is 11.1. The Kier molecular flexibility index (Phi) is 8.40. The summed E-state index contributed by atoms with van der Waals surface area (Å²) >= 11 is 12.8. The number of halogens is 3. The number of aromatic nitrogens is 2. The van der Waals surface area contributed by atoms with Crippen molar-refractivity contribution in [2.24, 2.45) is 0 Å². The first-order valence-corrected chi connectivity index (χ1v) is 14.3. The summed E-state index contributed by atoms with van der Waals surface area (Å²) in [4.78, 5) is 28.5. The number of hydrazine groups is 1. The molecule has 2 aliphatic heterocycles. The van der Waals surface area contributed by atoms with Gasteiger partial charge in [0.1, 0.15) is 11.4 Å². The van der Waals surface area contributed by atoms with Gasteiger partial charge in [-0.15, -0.1) is 0 Å². The van der Waals surface area contributed by atoms with Crippen LogP contribution in [0.3, 0.4) is 0 Å². The van der Waals surface area contributed by atoms with E-state index in [1.807, 2.05) is 11.1 Å². The van der Waals surface area contributed by atoms with Gasteiger partial charge in [-0.05, 0) is 81.2 Å². The summed E-state index contributed by atoms with van der Waals surface area (Å²) < 4.78 is 21.0. The van der Waals surface area contributed by atoms with Crippen molar-refractivity contribution < 1.29 is 18.7 Å². The van der Waals surface area contributed by atoms with E-state index < -0.39 is 11.7 Å². The normalized spacial score (nSPS) is 16.9. The lowest BCUT2D eigenvalue weighted by atomic mass is 9.97. The zero-order chi connectivity index (χ0) is 29.3. The highest BCUT2D eigenvalue weighted by Gasteiger charge is 2.36. The third kappa shape index (κ3) is 6.74. The van der Waals surface area contributed by atoms with E-state index >= 15 is 0 Å². The minimum absolute atomic E-state index is 0.0962. The van der Waals surface area contributed by atoms with Crippen molar-refractivity contribution >= 4 is 46.9 Å². The fourth-order valence-electron chi connectivity index (χ4n) is 5.00. The van der Waals surface area contributed by atoms with Crippen molar-refractivity contribution in [3.8, 4) is 5.69 Å². The predicted molar refractivity (Wildman–Crippen MR) is 157 cm³/mol. The molecule has 1 aromatic heterocycles. The molecule has 41 heavy (non-hydrogen) atoms. The van der Waals surface area contributed by atoms with Crippen LogP contribution >= 0.6 is 23.2 Å². The number of benzene rings is 2. The number of piperidine rings is 1. The summed E-state index contributed by atoms with van der Waals surface area (Å²) in [6.45, 7) is 7.16. The quantitative estimate of drug-likeness (QED) is 0.359. The van der Waals surface area contributed by atoms with Gasteiger partial charge in [0.15, 0.2) is 5.69 Å². The number of hydrogen-bond acceptors (Lipinski definition) is 5. The maximum Gasteiger partial charge on any atom is 0.410 e. The molecule has 2 amide bonds. The van der Waals surface area contributed by atoms with Crippen LogP contribution in [0.1, 0.15) is 67.3 Å². The molecule has 3 aromatic rings. The molecule has 0 radical (unpaired) electrons. The molecule has 1 saturated heterocycles. The molecule has 0 spiro atoms. The monoisotopic (exact) mass is 599 g/mol.